The summed E-state index contributed by atoms with van der Waals surface area (Å²) in [5.74, 6) is 0.523. The van der Waals surface area contributed by atoms with Gasteiger partial charge in [-0.1, -0.05) is 26.0 Å². The zero-order valence-electron chi connectivity index (χ0n) is 12.8. The lowest BCUT2D eigenvalue weighted by molar-refractivity contribution is 0.0638. The third kappa shape index (κ3) is 3.38. The van der Waals surface area contributed by atoms with E-state index in [1.165, 1.54) is 0 Å². The summed E-state index contributed by atoms with van der Waals surface area (Å²) in [6.45, 7) is 9.85. The Bertz CT molecular complexity index is 573. The summed E-state index contributed by atoms with van der Waals surface area (Å²) >= 11 is 0. The van der Waals surface area contributed by atoms with Crippen LogP contribution in [0.3, 0.4) is 0 Å². The molecule has 1 N–H and O–H groups in total. The number of hydrogen-bond donors (Lipinski definition) is 1. The molecule has 0 unspecified atom stereocenters. The molecule has 20 heavy (non-hydrogen) atoms. The van der Waals surface area contributed by atoms with E-state index in [4.69, 9.17) is 4.74 Å². The van der Waals surface area contributed by atoms with Crippen LogP contribution in [0.25, 0.3) is 10.9 Å². The van der Waals surface area contributed by atoms with Crippen LogP contribution in [0.5, 0.6) is 0 Å². The maximum atomic E-state index is 9.30. The van der Waals surface area contributed by atoms with Gasteiger partial charge in [-0.15, -0.1) is 0 Å². The average molecular weight is 276 g/mol. The molecular weight excluding hydrogens is 252 g/mol. The zero-order valence-corrected chi connectivity index (χ0v) is 12.8. The van der Waals surface area contributed by atoms with E-state index in [9.17, 15) is 5.11 Å². The Labute approximate surface area is 120 Å². The van der Waals surface area contributed by atoms with Crippen molar-refractivity contribution >= 4 is 10.9 Å². The standard InChI is InChI=1S/C16H24N2O2/c1-11(2)8-18-16-7-13(9-19)5-6-14(16)15(17-18)10-20-12(3)4/h5-7,11-12,19H,8-10H2,1-4H3. The summed E-state index contributed by atoms with van der Waals surface area (Å²) < 4.78 is 7.71. The van der Waals surface area contributed by atoms with E-state index >= 15 is 0 Å². The van der Waals surface area contributed by atoms with Gasteiger partial charge in [-0.05, 0) is 31.4 Å². The lowest BCUT2D eigenvalue weighted by atomic mass is 10.1. The third-order valence-electron chi connectivity index (χ3n) is 3.17. The number of hydrogen-bond acceptors (Lipinski definition) is 3. The van der Waals surface area contributed by atoms with Crippen LogP contribution < -0.4 is 0 Å². The van der Waals surface area contributed by atoms with E-state index in [1.807, 2.05) is 36.7 Å². The first-order chi connectivity index (χ1) is 9.51. The van der Waals surface area contributed by atoms with E-state index in [0.717, 1.165) is 28.7 Å². The van der Waals surface area contributed by atoms with Gasteiger partial charge >= 0.3 is 0 Å². The number of ether oxygens (including phenoxy) is 1. The molecule has 0 aliphatic carbocycles. The van der Waals surface area contributed by atoms with Crippen LogP contribution >= 0.6 is 0 Å². The highest BCUT2D eigenvalue weighted by molar-refractivity contribution is 5.82. The van der Waals surface area contributed by atoms with E-state index < -0.39 is 0 Å². The van der Waals surface area contributed by atoms with Gasteiger partial charge in [0.05, 0.1) is 30.5 Å². The van der Waals surface area contributed by atoms with E-state index in [1.54, 1.807) is 0 Å². The summed E-state index contributed by atoms with van der Waals surface area (Å²) in [6.07, 6.45) is 0.192. The summed E-state index contributed by atoms with van der Waals surface area (Å²) in [6, 6.07) is 6.00. The van der Waals surface area contributed by atoms with Crippen LogP contribution in [-0.2, 0) is 24.5 Å². The van der Waals surface area contributed by atoms with Crippen LogP contribution in [0.2, 0.25) is 0 Å². The molecule has 4 heteroatoms. The van der Waals surface area contributed by atoms with E-state index in [0.29, 0.717) is 12.5 Å². The van der Waals surface area contributed by atoms with Crippen molar-refractivity contribution in [2.45, 2.75) is 53.6 Å². The minimum Gasteiger partial charge on any atom is -0.392 e. The molecule has 0 atom stereocenters. The molecule has 4 nitrogen and oxygen atoms in total. The predicted octanol–water partition coefficient (Wildman–Crippen LogP) is 3.11. The van der Waals surface area contributed by atoms with Gasteiger partial charge < -0.3 is 9.84 Å². The SMILES string of the molecule is CC(C)Cn1nc(COC(C)C)c2ccc(CO)cc21. The van der Waals surface area contributed by atoms with Crippen LogP contribution in [0.15, 0.2) is 18.2 Å². The van der Waals surface area contributed by atoms with Crippen LogP contribution in [0.4, 0.5) is 0 Å². The van der Waals surface area contributed by atoms with Crippen molar-refractivity contribution in [2.24, 2.45) is 5.92 Å². The zero-order chi connectivity index (χ0) is 14.7. The summed E-state index contributed by atoms with van der Waals surface area (Å²) in [4.78, 5) is 0. The molecule has 0 bridgehead atoms. The molecule has 110 valence electrons. The van der Waals surface area contributed by atoms with Gasteiger partial charge in [0, 0.05) is 11.9 Å². The number of aliphatic hydroxyl groups excluding tert-OH is 1. The van der Waals surface area contributed by atoms with Gasteiger partial charge in [-0.2, -0.15) is 5.10 Å². The van der Waals surface area contributed by atoms with Crippen molar-refractivity contribution in [3.63, 3.8) is 0 Å². The van der Waals surface area contributed by atoms with Gasteiger partial charge in [0.1, 0.15) is 0 Å². The summed E-state index contributed by atoms with van der Waals surface area (Å²) in [5.41, 5.74) is 2.96. The molecule has 0 amide bonds. The van der Waals surface area contributed by atoms with Crippen molar-refractivity contribution in [3.8, 4) is 0 Å². The van der Waals surface area contributed by atoms with Gasteiger partial charge in [0.15, 0.2) is 0 Å². The van der Waals surface area contributed by atoms with Gasteiger partial charge in [-0.3, -0.25) is 4.68 Å². The molecule has 1 aromatic heterocycles. The first-order valence-electron chi connectivity index (χ1n) is 7.22. The molecule has 0 spiro atoms. The van der Waals surface area contributed by atoms with Crippen LogP contribution in [0.1, 0.15) is 39.0 Å². The van der Waals surface area contributed by atoms with Gasteiger partial charge in [-0.25, -0.2) is 0 Å². The van der Waals surface area contributed by atoms with Crippen molar-refractivity contribution in [3.05, 3.63) is 29.5 Å². The maximum absolute atomic E-state index is 9.30. The fraction of sp³-hybridized carbons (Fsp3) is 0.562. The minimum absolute atomic E-state index is 0.0562. The Morgan fingerprint density at radius 3 is 2.60 bits per heavy atom. The number of aliphatic hydroxyl groups is 1. The molecule has 1 heterocycles. The average Bonchev–Trinajstić information content (AvgIpc) is 2.73. The fourth-order valence-corrected chi connectivity index (χ4v) is 2.22. The fourth-order valence-electron chi connectivity index (χ4n) is 2.22. The number of benzene rings is 1. The molecule has 0 radical (unpaired) electrons. The molecule has 0 saturated carbocycles. The topological polar surface area (TPSA) is 47.3 Å². The Morgan fingerprint density at radius 2 is 2.00 bits per heavy atom. The highest BCUT2D eigenvalue weighted by Crippen LogP contribution is 2.22. The Kier molecular flexibility index (Phi) is 4.78. The van der Waals surface area contributed by atoms with Crippen molar-refractivity contribution in [1.82, 2.24) is 9.78 Å². The smallest absolute Gasteiger partial charge is 0.0960 e. The van der Waals surface area contributed by atoms with Gasteiger partial charge in [0.25, 0.3) is 0 Å². The second-order valence-electron chi connectivity index (χ2n) is 5.89. The molecule has 1 aromatic carbocycles. The van der Waals surface area contributed by atoms with Gasteiger partial charge in [0.2, 0.25) is 0 Å². The maximum Gasteiger partial charge on any atom is 0.0960 e. The summed E-state index contributed by atoms with van der Waals surface area (Å²) in [7, 11) is 0. The van der Waals surface area contributed by atoms with E-state index in [-0.39, 0.29) is 12.7 Å². The van der Waals surface area contributed by atoms with Crippen molar-refractivity contribution in [2.75, 3.05) is 0 Å². The Hall–Kier alpha value is -1.39. The summed E-state index contributed by atoms with van der Waals surface area (Å²) in [5, 5.41) is 15.1. The quantitative estimate of drug-likeness (QED) is 0.882. The predicted molar refractivity (Wildman–Crippen MR) is 80.4 cm³/mol. The lowest BCUT2D eigenvalue weighted by Crippen LogP contribution is -2.07. The first kappa shape index (κ1) is 15.0. The van der Waals surface area contributed by atoms with Crippen molar-refractivity contribution in [1.29, 1.82) is 0 Å². The number of aromatic nitrogens is 2. The van der Waals surface area contributed by atoms with E-state index in [2.05, 4.69) is 18.9 Å². The van der Waals surface area contributed by atoms with Crippen LogP contribution in [0, 0.1) is 5.92 Å². The lowest BCUT2D eigenvalue weighted by Gasteiger charge is -2.07. The number of rotatable bonds is 6. The largest absolute Gasteiger partial charge is 0.392 e. The van der Waals surface area contributed by atoms with Crippen LogP contribution in [-0.4, -0.2) is 21.0 Å². The molecule has 2 rings (SSSR count). The highest BCUT2D eigenvalue weighted by atomic mass is 16.5. The number of nitrogens with zero attached hydrogens (tertiary/aromatic N) is 2. The highest BCUT2D eigenvalue weighted by Gasteiger charge is 2.12. The Balaban J connectivity index is 2.42. The molecule has 0 saturated heterocycles. The third-order valence-corrected chi connectivity index (χ3v) is 3.17. The Morgan fingerprint density at radius 1 is 1.25 bits per heavy atom. The molecule has 2 aromatic rings. The molecule has 0 aliphatic rings. The van der Waals surface area contributed by atoms with Crippen molar-refractivity contribution < 1.29 is 9.84 Å². The minimum atomic E-state index is 0.0562. The monoisotopic (exact) mass is 276 g/mol. The normalized spacial score (nSPS) is 11.9. The second-order valence-corrected chi connectivity index (χ2v) is 5.89. The molecule has 0 fully saturated rings. The first-order valence-corrected chi connectivity index (χ1v) is 7.22. The molecular formula is C16H24N2O2. The number of fused-ring (bicyclic) bond motifs is 1. The molecule has 0 aliphatic heterocycles. The second kappa shape index (κ2) is 6.37.